The van der Waals surface area contributed by atoms with Gasteiger partial charge in [-0.25, -0.2) is 4.79 Å². The number of hydrogen-bond acceptors (Lipinski definition) is 4. The highest BCUT2D eigenvalue weighted by molar-refractivity contribution is 5.80. The summed E-state index contributed by atoms with van der Waals surface area (Å²) >= 11 is 0. The number of hydrogen-bond donors (Lipinski definition) is 0. The van der Waals surface area contributed by atoms with E-state index in [2.05, 4.69) is 35.2 Å². The molecule has 3 rings (SSSR count). The van der Waals surface area contributed by atoms with Crippen molar-refractivity contribution in [1.82, 2.24) is 14.7 Å². The lowest BCUT2D eigenvalue weighted by Crippen LogP contribution is -2.41. The van der Waals surface area contributed by atoms with E-state index >= 15 is 0 Å². The molecule has 166 valence electrons. The summed E-state index contributed by atoms with van der Waals surface area (Å²) in [6.45, 7) is 11.3. The first kappa shape index (κ1) is 22.6. The van der Waals surface area contributed by atoms with Crippen molar-refractivity contribution < 1.29 is 14.3 Å². The molecule has 0 aliphatic carbocycles. The molecule has 1 atom stereocenters. The minimum Gasteiger partial charge on any atom is -0.444 e. The number of aryl methyl sites for hydroxylation is 1. The van der Waals surface area contributed by atoms with Crippen LogP contribution >= 0.6 is 0 Å². The smallest absolute Gasteiger partial charge is 0.410 e. The summed E-state index contributed by atoms with van der Waals surface area (Å²) in [6.07, 6.45) is 3.68. The number of carbonyl (C=O) groups excluding carboxylic acids is 2. The largest absolute Gasteiger partial charge is 0.444 e. The van der Waals surface area contributed by atoms with Crippen LogP contribution in [0.25, 0.3) is 0 Å². The normalized spacial score (nSPS) is 20.8. The minimum absolute atomic E-state index is 0.0952. The van der Waals surface area contributed by atoms with E-state index in [0.717, 1.165) is 58.4 Å². The fourth-order valence-electron chi connectivity index (χ4n) is 4.28. The molecule has 1 aromatic carbocycles. The lowest BCUT2D eigenvalue weighted by atomic mass is 10.1. The Balaban J connectivity index is 1.41. The molecule has 2 aliphatic heterocycles. The molecule has 2 aliphatic rings. The molecule has 30 heavy (non-hydrogen) atoms. The maximum atomic E-state index is 13.0. The van der Waals surface area contributed by atoms with E-state index < -0.39 is 5.60 Å². The molecular formula is C24H37N3O3. The number of likely N-dealkylation sites (tertiary alicyclic amines) is 1. The molecule has 2 amide bonds. The average molecular weight is 416 g/mol. The number of ether oxygens (including phenoxy) is 1. The zero-order valence-electron chi connectivity index (χ0n) is 18.8. The van der Waals surface area contributed by atoms with Crippen molar-refractivity contribution in [2.75, 3.05) is 45.8 Å². The van der Waals surface area contributed by atoms with Gasteiger partial charge in [0.25, 0.3) is 0 Å². The van der Waals surface area contributed by atoms with Crippen LogP contribution in [0.3, 0.4) is 0 Å². The molecule has 2 saturated heterocycles. The Labute approximate surface area is 181 Å². The fraction of sp³-hybridized carbons (Fsp3) is 0.667. The van der Waals surface area contributed by atoms with E-state index in [1.54, 1.807) is 4.90 Å². The van der Waals surface area contributed by atoms with Gasteiger partial charge in [-0.05, 0) is 65.1 Å². The minimum atomic E-state index is -0.506. The van der Waals surface area contributed by atoms with Crippen molar-refractivity contribution in [1.29, 1.82) is 0 Å². The van der Waals surface area contributed by atoms with Gasteiger partial charge in [0.2, 0.25) is 5.91 Å². The van der Waals surface area contributed by atoms with Gasteiger partial charge in [-0.15, -0.1) is 0 Å². The van der Waals surface area contributed by atoms with Crippen LogP contribution in [-0.4, -0.2) is 78.1 Å². The van der Waals surface area contributed by atoms with Crippen LogP contribution in [0.15, 0.2) is 30.3 Å². The summed E-state index contributed by atoms with van der Waals surface area (Å²) in [5.74, 6) is 0.106. The molecule has 0 N–H and O–H groups in total. The molecule has 0 aromatic heterocycles. The standard InChI is InChI=1S/C24H37N3O3/c1-24(2,3)30-23(29)27-16-12-21(19-27)22(28)26-15-8-14-25(17-18-26)13-7-11-20-9-5-4-6-10-20/h4-6,9-10,21H,7-8,11-19H2,1-3H3. The molecule has 2 heterocycles. The molecule has 0 bridgehead atoms. The lowest BCUT2D eigenvalue weighted by molar-refractivity contribution is -0.134. The summed E-state index contributed by atoms with van der Waals surface area (Å²) in [6, 6.07) is 10.6. The first-order chi connectivity index (χ1) is 14.3. The van der Waals surface area contributed by atoms with Gasteiger partial charge >= 0.3 is 6.09 Å². The molecule has 0 spiro atoms. The van der Waals surface area contributed by atoms with Gasteiger partial charge in [0.1, 0.15) is 5.60 Å². The third-order valence-corrected chi connectivity index (χ3v) is 5.87. The van der Waals surface area contributed by atoms with Crippen molar-refractivity contribution in [2.45, 2.75) is 52.1 Å². The predicted octanol–water partition coefficient (Wildman–Crippen LogP) is 3.41. The Morgan fingerprint density at radius 1 is 1.00 bits per heavy atom. The fourth-order valence-corrected chi connectivity index (χ4v) is 4.28. The number of carbonyl (C=O) groups is 2. The number of rotatable bonds is 5. The van der Waals surface area contributed by atoms with Crippen molar-refractivity contribution >= 4 is 12.0 Å². The van der Waals surface area contributed by atoms with Crippen LogP contribution in [0.2, 0.25) is 0 Å². The number of amides is 2. The monoisotopic (exact) mass is 415 g/mol. The van der Waals surface area contributed by atoms with Crippen molar-refractivity contribution in [3.63, 3.8) is 0 Å². The highest BCUT2D eigenvalue weighted by atomic mass is 16.6. The van der Waals surface area contributed by atoms with Gasteiger partial charge in [0, 0.05) is 32.7 Å². The molecule has 1 unspecified atom stereocenters. The van der Waals surface area contributed by atoms with Gasteiger partial charge in [0.05, 0.1) is 5.92 Å². The van der Waals surface area contributed by atoms with Crippen LogP contribution in [0.4, 0.5) is 4.79 Å². The summed E-state index contributed by atoms with van der Waals surface area (Å²) in [5, 5.41) is 0. The summed E-state index contributed by atoms with van der Waals surface area (Å²) < 4.78 is 5.45. The van der Waals surface area contributed by atoms with E-state index in [-0.39, 0.29) is 17.9 Å². The van der Waals surface area contributed by atoms with Crippen LogP contribution in [0, 0.1) is 5.92 Å². The average Bonchev–Trinajstić information content (AvgIpc) is 3.08. The van der Waals surface area contributed by atoms with Gasteiger partial charge < -0.3 is 19.4 Å². The van der Waals surface area contributed by atoms with Crippen molar-refractivity contribution in [3.05, 3.63) is 35.9 Å². The van der Waals surface area contributed by atoms with E-state index in [0.29, 0.717) is 13.1 Å². The van der Waals surface area contributed by atoms with Gasteiger partial charge in [-0.2, -0.15) is 0 Å². The molecule has 2 fully saturated rings. The Hall–Kier alpha value is -2.08. The van der Waals surface area contributed by atoms with E-state index in [1.165, 1.54) is 5.56 Å². The Morgan fingerprint density at radius 3 is 2.50 bits per heavy atom. The molecule has 0 radical (unpaired) electrons. The first-order valence-electron chi connectivity index (χ1n) is 11.3. The molecule has 0 saturated carbocycles. The van der Waals surface area contributed by atoms with Crippen molar-refractivity contribution in [2.24, 2.45) is 5.92 Å². The Morgan fingerprint density at radius 2 is 1.77 bits per heavy atom. The number of benzene rings is 1. The molecule has 6 heteroatoms. The summed E-state index contributed by atoms with van der Waals surface area (Å²) in [7, 11) is 0. The number of nitrogens with zero attached hydrogens (tertiary/aromatic N) is 3. The van der Waals surface area contributed by atoms with Gasteiger partial charge in [0.15, 0.2) is 0 Å². The first-order valence-corrected chi connectivity index (χ1v) is 11.3. The third-order valence-electron chi connectivity index (χ3n) is 5.87. The maximum Gasteiger partial charge on any atom is 0.410 e. The summed E-state index contributed by atoms with van der Waals surface area (Å²) in [4.78, 5) is 31.5. The Kier molecular flexibility index (Phi) is 7.75. The van der Waals surface area contributed by atoms with E-state index in [1.807, 2.05) is 25.7 Å². The zero-order chi connectivity index (χ0) is 21.6. The van der Waals surface area contributed by atoms with E-state index in [4.69, 9.17) is 4.74 Å². The second-order valence-corrected chi connectivity index (χ2v) is 9.52. The maximum absolute atomic E-state index is 13.0. The van der Waals surface area contributed by atoms with Crippen LogP contribution in [-0.2, 0) is 16.0 Å². The van der Waals surface area contributed by atoms with Crippen LogP contribution < -0.4 is 0 Å². The third kappa shape index (κ3) is 6.73. The SMILES string of the molecule is CC(C)(C)OC(=O)N1CCC(C(=O)N2CCCN(CCCc3ccccc3)CC2)C1. The van der Waals surface area contributed by atoms with E-state index in [9.17, 15) is 9.59 Å². The van der Waals surface area contributed by atoms with Crippen LogP contribution in [0.1, 0.15) is 45.6 Å². The predicted molar refractivity (Wildman–Crippen MR) is 118 cm³/mol. The highest BCUT2D eigenvalue weighted by Crippen LogP contribution is 2.22. The quantitative estimate of drug-likeness (QED) is 0.740. The zero-order valence-corrected chi connectivity index (χ0v) is 18.8. The topological polar surface area (TPSA) is 53.1 Å². The molecular weight excluding hydrogens is 378 g/mol. The molecule has 1 aromatic rings. The second kappa shape index (κ2) is 10.3. The second-order valence-electron chi connectivity index (χ2n) is 9.52. The molecule has 6 nitrogen and oxygen atoms in total. The lowest BCUT2D eigenvalue weighted by Gasteiger charge is -2.26. The van der Waals surface area contributed by atoms with Gasteiger partial charge in [-0.3, -0.25) is 4.79 Å². The highest BCUT2D eigenvalue weighted by Gasteiger charge is 2.35. The van der Waals surface area contributed by atoms with Gasteiger partial charge in [-0.1, -0.05) is 30.3 Å². The van der Waals surface area contributed by atoms with Crippen LogP contribution in [0.5, 0.6) is 0 Å². The summed E-state index contributed by atoms with van der Waals surface area (Å²) in [5.41, 5.74) is 0.883. The van der Waals surface area contributed by atoms with Crippen molar-refractivity contribution in [3.8, 4) is 0 Å². The Bertz CT molecular complexity index is 701.